The van der Waals surface area contributed by atoms with Gasteiger partial charge in [-0.2, -0.15) is 0 Å². The van der Waals surface area contributed by atoms with Gasteiger partial charge in [0.15, 0.2) is 0 Å². The summed E-state index contributed by atoms with van der Waals surface area (Å²) in [6.07, 6.45) is 0. The van der Waals surface area contributed by atoms with Gasteiger partial charge >= 0.3 is 4.88 Å². The van der Waals surface area contributed by atoms with Crippen LogP contribution in [0, 0.1) is 0 Å². The SMILES string of the molecule is COC(O)(O)Br. The molecule has 2 N–H and O–H groups in total. The van der Waals surface area contributed by atoms with Gasteiger partial charge in [0, 0.05) is 23.0 Å². The first-order valence-electron chi connectivity index (χ1n) is 1.25. The Hall–Kier alpha value is 0.360. The fraction of sp³-hybridized carbons (Fsp3) is 1.00. The van der Waals surface area contributed by atoms with Crippen molar-refractivity contribution in [3.05, 3.63) is 0 Å². The molecule has 0 rings (SSSR count). The van der Waals surface area contributed by atoms with Gasteiger partial charge in [-0.25, -0.2) is 0 Å². The van der Waals surface area contributed by atoms with Gasteiger partial charge in [0.05, 0.1) is 0 Å². The van der Waals surface area contributed by atoms with Gasteiger partial charge in [0.1, 0.15) is 0 Å². The molecule has 4 heteroatoms. The molecular weight excluding hydrogens is 152 g/mol. The second kappa shape index (κ2) is 1.88. The molecule has 6 heavy (non-hydrogen) atoms. The van der Waals surface area contributed by atoms with Gasteiger partial charge in [-0.15, -0.1) is 0 Å². The van der Waals surface area contributed by atoms with Crippen LogP contribution in [0.1, 0.15) is 0 Å². The fourth-order valence-electron chi connectivity index (χ4n) is 0. The van der Waals surface area contributed by atoms with Crippen molar-refractivity contribution in [2.45, 2.75) is 4.88 Å². The molecule has 0 aliphatic heterocycles. The lowest BCUT2D eigenvalue weighted by Crippen LogP contribution is -2.20. The maximum Gasteiger partial charge on any atom is 0.339 e. The Morgan fingerprint density at radius 2 is 1.83 bits per heavy atom. The molecule has 0 heterocycles. The molecular formula is C2H5BrO3. The summed E-state index contributed by atoms with van der Waals surface area (Å²) in [4.78, 5) is -2.15. The molecule has 0 aliphatic carbocycles. The van der Waals surface area contributed by atoms with Crippen LogP contribution in [0.15, 0.2) is 0 Å². The van der Waals surface area contributed by atoms with E-state index in [9.17, 15) is 0 Å². The quantitative estimate of drug-likeness (QED) is 0.403. The summed E-state index contributed by atoms with van der Waals surface area (Å²) >= 11 is 2.37. The van der Waals surface area contributed by atoms with Crippen LogP contribution in [-0.2, 0) is 4.74 Å². The minimum Gasteiger partial charge on any atom is -0.334 e. The zero-order chi connectivity index (χ0) is 5.21. The van der Waals surface area contributed by atoms with Crippen molar-refractivity contribution in [2.24, 2.45) is 0 Å². The third kappa shape index (κ3) is 4.36. The number of hydrogen-bond donors (Lipinski definition) is 2. The van der Waals surface area contributed by atoms with Crippen LogP contribution in [0.3, 0.4) is 0 Å². The van der Waals surface area contributed by atoms with E-state index in [4.69, 9.17) is 10.2 Å². The van der Waals surface area contributed by atoms with E-state index in [1.807, 2.05) is 0 Å². The molecule has 0 aromatic rings. The maximum absolute atomic E-state index is 8.08. The van der Waals surface area contributed by atoms with Crippen LogP contribution in [-0.4, -0.2) is 22.2 Å². The Labute approximate surface area is 43.7 Å². The topological polar surface area (TPSA) is 49.7 Å². The summed E-state index contributed by atoms with van der Waals surface area (Å²) in [5, 5.41) is 16.2. The largest absolute Gasteiger partial charge is 0.339 e. The summed E-state index contributed by atoms with van der Waals surface area (Å²) < 4.78 is 3.97. The van der Waals surface area contributed by atoms with Gasteiger partial charge in [-0.05, 0) is 0 Å². The number of alkyl halides is 1. The Kier molecular flexibility index (Phi) is 1.99. The van der Waals surface area contributed by atoms with Crippen LogP contribution in [0.5, 0.6) is 0 Å². The number of halogens is 1. The van der Waals surface area contributed by atoms with Crippen molar-refractivity contribution in [1.29, 1.82) is 0 Å². The molecule has 0 aromatic heterocycles. The molecule has 0 spiro atoms. The third-order valence-electron chi connectivity index (χ3n) is 0.260. The molecule has 0 bridgehead atoms. The van der Waals surface area contributed by atoms with E-state index in [1.54, 1.807) is 0 Å². The lowest BCUT2D eigenvalue weighted by Gasteiger charge is -2.07. The highest BCUT2D eigenvalue weighted by Gasteiger charge is 2.13. The molecule has 0 fully saturated rings. The van der Waals surface area contributed by atoms with E-state index in [0.29, 0.717) is 0 Å². The number of hydrogen-bond acceptors (Lipinski definition) is 3. The number of rotatable bonds is 1. The van der Waals surface area contributed by atoms with Gasteiger partial charge in [-0.3, -0.25) is 0 Å². The van der Waals surface area contributed by atoms with Crippen LogP contribution in [0.25, 0.3) is 0 Å². The first-order chi connectivity index (χ1) is 2.56. The third-order valence-corrected chi connectivity index (χ3v) is 0.583. The average molecular weight is 157 g/mol. The first-order valence-corrected chi connectivity index (χ1v) is 2.04. The molecule has 0 unspecified atom stereocenters. The zero-order valence-corrected chi connectivity index (χ0v) is 4.77. The molecule has 38 valence electrons. The lowest BCUT2D eigenvalue weighted by atomic mass is 11.3. The molecule has 0 amide bonds. The minimum absolute atomic E-state index is 1.16. The standard InChI is InChI=1S/C2H5BrO3/c1-6-2(3,4)5/h4-5H,1H3. The van der Waals surface area contributed by atoms with Crippen LogP contribution in [0.4, 0.5) is 0 Å². The second-order valence-corrected chi connectivity index (χ2v) is 1.77. The van der Waals surface area contributed by atoms with Crippen molar-refractivity contribution < 1.29 is 14.9 Å². The Balaban J connectivity index is 3.17. The molecule has 0 aliphatic rings. The van der Waals surface area contributed by atoms with Crippen LogP contribution >= 0.6 is 15.9 Å². The van der Waals surface area contributed by atoms with Crippen molar-refractivity contribution in [3.8, 4) is 0 Å². The summed E-state index contributed by atoms with van der Waals surface area (Å²) in [6, 6.07) is 0. The van der Waals surface area contributed by atoms with E-state index >= 15 is 0 Å². The predicted octanol–water partition coefficient (Wildman–Crippen LogP) is -0.376. The molecule has 0 radical (unpaired) electrons. The summed E-state index contributed by atoms with van der Waals surface area (Å²) in [5.74, 6) is 0. The molecule has 0 aromatic carbocycles. The zero-order valence-electron chi connectivity index (χ0n) is 3.18. The van der Waals surface area contributed by atoms with Crippen molar-refractivity contribution in [3.63, 3.8) is 0 Å². The second-order valence-electron chi connectivity index (χ2n) is 0.733. The number of aliphatic hydroxyl groups is 2. The van der Waals surface area contributed by atoms with E-state index in [0.717, 1.165) is 7.11 Å². The summed E-state index contributed by atoms with van der Waals surface area (Å²) in [7, 11) is 1.16. The first kappa shape index (κ1) is 6.36. The van der Waals surface area contributed by atoms with E-state index in [1.165, 1.54) is 0 Å². The van der Waals surface area contributed by atoms with Crippen LogP contribution in [0.2, 0.25) is 0 Å². The minimum atomic E-state index is -2.15. The monoisotopic (exact) mass is 156 g/mol. The summed E-state index contributed by atoms with van der Waals surface area (Å²) in [5.41, 5.74) is 0. The van der Waals surface area contributed by atoms with Crippen molar-refractivity contribution in [2.75, 3.05) is 7.11 Å². The summed E-state index contributed by atoms with van der Waals surface area (Å²) in [6.45, 7) is 0. The Bertz CT molecular complexity index is 38.5. The molecule has 0 atom stereocenters. The van der Waals surface area contributed by atoms with Crippen LogP contribution < -0.4 is 0 Å². The molecule has 3 nitrogen and oxygen atoms in total. The lowest BCUT2D eigenvalue weighted by molar-refractivity contribution is -0.246. The Morgan fingerprint density at radius 1 is 1.67 bits per heavy atom. The van der Waals surface area contributed by atoms with Crippen molar-refractivity contribution in [1.82, 2.24) is 0 Å². The van der Waals surface area contributed by atoms with Crippen molar-refractivity contribution >= 4 is 15.9 Å². The van der Waals surface area contributed by atoms with Gasteiger partial charge in [-0.1, -0.05) is 0 Å². The van der Waals surface area contributed by atoms with E-state index in [2.05, 4.69) is 20.7 Å². The Morgan fingerprint density at radius 3 is 1.83 bits per heavy atom. The van der Waals surface area contributed by atoms with Gasteiger partial charge in [0.25, 0.3) is 0 Å². The van der Waals surface area contributed by atoms with Gasteiger partial charge in [0.2, 0.25) is 0 Å². The molecule has 0 saturated carbocycles. The highest BCUT2D eigenvalue weighted by atomic mass is 79.9. The van der Waals surface area contributed by atoms with E-state index < -0.39 is 4.88 Å². The highest BCUT2D eigenvalue weighted by molar-refractivity contribution is 9.09. The maximum atomic E-state index is 8.08. The number of methoxy groups -OCH3 is 1. The van der Waals surface area contributed by atoms with E-state index in [-0.39, 0.29) is 0 Å². The smallest absolute Gasteiger partial charge is 0.334 e. The highest BCUT2D eigenvalue weighted by Crippen LogP contribution is 2.06. The predicted molar refractivity (Wildman–Crippen MR) is 23.1 cm³/mol. The molecule has 0 saturated heterocycles. The van der Waals surface area contributed by atoms with Gasteiger partial charge < -0.3 is 14.9 Å². The fourth-order valence-corrected chi connectivity index (χ4v) is 0. The normalized spacial score (nSPS) is 12.0. The average Bonchev–Trinajstić information content (AvgIpc) is 1.35. The number of ether oxygens (including phenoxy) is 1.